The average Bonchev–Trinajstić information content (AvgIpc) is 2.89. The van der Waals surface area contributed by atoms with Gasteiger partial charge in [0.1, 0.15) is 18.4 Å². The second-order valence-electron chi connectivity index (χ2n) is 5.57. The summed E-state index contributed by atoms with van der Waals surface area (Å²) in [5, 5.41) is 0. The summed E-state index contributed by atoms with van der Waals surface area (Å²) >= 11 is 0. The Hall–Kier alpha value is -1.68. The molecule has 106 valence electrons. The van der Waals surface area contributed by atoms with E-state index in [1.165, 1.54) is 0 Å². The number of carbonyl (C=O) groups excluding carboxylic acids is 2. The van der Waals surface area contributed by atoms with E-state index in [1.54, 1.807) is 0 Å². The molecule has 2 heterocycles. The normalized spacial score (nSPS) is 26.3. The fraction of sp³-hybridized carbons (Fsp3) is 0.500. The molecule has 0 aliphatic carbocycles. The number of rotatable bonds is 3. The molecule has 0 unspecified atom stereocenters. The lowest BCUT2D eigenvalue weighted by Crippen LogP contribution is -2.46. The van der Waals surface area contributed by atoms with Crippen LogP contribution < -0.4 is 0 Å². The summed E-state index contributed by atoms with van der Waals surface area (Å²) in [6.45, 7) is 1.03. The van der Waals surface area contributed by atoms with Crippen molar-refractivity contribution in [3.8, 4) is 0 Å². The molecule has 3 rings (SSSR count). The zero-order valence-corrected chi connectivity index (χ0v) is 11.5. The Morgan fingerprint density at radius 1 is 1.25 bits per heavy atom. The Balaban J connectivity index is 1.57. The fourth-order valence-electron chi connectivity index (χ4n) is 3.19. The highest BCUT2D eigenvalue weighted by Crippen LogP contribution is 2.30. The minimum atomic E-state index is -0.156. The standard InChI is InChI=1S/C16H19NO3/c18-14-8-9-17-13(10-14)6-7-15(17)16(19)20-11-12-4-2-1-3-5-12/h1-5,13,15H,6-11H2/t13-,15-/m0/s1. The molecule has 2 fully saturated rings. The van der Waals surface area contributed by atoms with Gasteiger partial charge in [-0.15, -0.1) is 0 Å². The van der Waals surface area contributed by atoms with Crippen LogP contribution in [0.3, 0.4) is 0 Å². The molecule has 0 N–H and O–H groups in total. The van der Waals surface area contributed by atoms with Crippen LogP contribution in [-0.2, 0) is 20.9 Å². The van der Waals surface area contributed by atoms with Crippen LogP contribution in [0, 0.1) is 0 Å². The van der Waals surface area contributed by atoms with Crippen molar-refractivity contribution in [2.45, 2.75) is 44.4 Å². The molecule has 2 atom stereocenters. The van der Waals surface area contributed by atoms with Crippen LogP contribution in [0.5, 0.6) is 0 Å². The van der Waals surface area contributed by atoms with Crippen LogP contribution in [0.1, 0.15) is 31.2 Å². The van der Waals surface area contributed by atoms with Gasteiger partial charge in [0.05, 0.1) is 0 Å². The van der Waals surface area contributed by atoms with Crippen LogP contribution in [0.25, 0.3) is 0 Å². The van der Waals surface area contributed by atoms with E-state index in [1.807, 2.05) is 30.3 Å². The van der Waals surface area contributed by atoms with Crippen molar-refractivity contribution < 1.29 is 14.3 Å². The van der Waals surface area contributed by atoms with Crippen molar-refractivity contribution >= 4 is 11.8 Å². The van der Waals surface area contributed by atoms with E-state index in [4.69, 9.17) is 4.74 Å². The van der Waals surface area contributed by atoms with Gasteiger partial charge in [0.15, 0.2) is 0 Å². The Morgan fingerprint density at radius 2 is 2.05 bits per heavy atom. The van der Waals surface area contributed by atoms with E-state index in [0.717, 1.165) is 18.4 Å². The second kappa shape index (κ2) is 5.75. The van der Waals surface area contributed by atoms with Crippen LogP contribution in [0.15, 0.2) is 30.3 Å². The van der Waals surface area contributed by atoms with Gasteiger partial charge in [-0.1, -0.05) is 30.3 Å². The molecule has 4 heteroatoms. The van der Waals surface area contributed by atoms with Crippen LogP contribution in [0.4, 0.5) is 0 Å². The maximum absolute atomic E-state index is 12.2. The number of ketones is 1. The van der Waals surface area contributed by atoms with Crippen molar-refractivity contribution in [1.82, 2.24) is 4.90 Å². The lowest BCUT2D eigenvalue weighted by atomic mass is 10.0. The number of hydrogen-bond donors (Lipinski definition) is 0. The van der Waals surface area contributed by atoms with Gasteiger partial charge in [-0.3, -0.25) is 14.5 Å². The summed E-state index contributed by atoms with van der Waals surface area (Å²) in [5.74, 6) is 0.176. The molecule has 1 aromatic carbocycles. The van der Waals surface area contributed by atoms with Crippen molar-refractivity contribution in [1.29, 1.82) is 0 Å². The van der Waals surface area contributed by atoms with Gasteiger partial charge < -0.3 is 4.74 Å². The highest BCUT2D eigenvalue weighted by atomic mass is 16.5. The Kier molecular flexibility index (Phi) is 3.83. The third kappa shape index (κ3) is 2.75. The predicted molar refractivity (Wildman–Crippen MR) is 74.0 cm³/mol. The first-order valence-corrected chi connectivity index (χ1v) is 7.22. The summed E-state index contributed by atoms with van der Waals surface area (Å²) in [5.41, 5.74) is 1.00. The molecule has 0 spiro atoms. The highest BCUT2D eigenvalue weighted by molar-refractivity contribution is 5.81. The molecule has 0 amide bonds. The third-order valence-corrected chi connectivity index (χ3v) is 4.25. The minimum absolute atomic E-state index is 0.147. The quantitative estimate of drug-likeness (QED) is 0.789. The Bertz CT molecular complexity index is 500. The van der Waals surface area contributed by atoms with Crippen LogP contribution >= 0.6 is 0 Å². The van der Waals surface area contributed by atoms with Crippen molar-refractivity contribution in [3.05, 3.63) is 35.9 Å². The summed E-state index contributed by atoms with van der Waals surface area (Å²) in [6, 6.07) is 9.81. The zero-order valence-electron chi connectivity index (χ0n) is 11.5. The summed E-state index contributed by atoms with van der Waals surface area (Å²) in [4.78, 5) is 25.8. The molecule has 20 heavy (non-hydrogen) atoms. The van der Waals surface area contributed by atoms with Gasteiger partial charge >= 0.3 is 5.97 Å². The number of nitrogens with zero attached hydrogens (tertiary/aromatic N) is 1. The van der Waals surface area contributed by atoms with Crippen LogP contribution in [0.2, 0.25) is 0 Å². The lowest BCUT2D eigenvalue weighted by molar-refractivity contribution is -0.151. The molecule has 0 bridgehead atoms. The van der Waals surface area contributed by atoms with E-state index in [0.29, 0.717) is 31.8 Å². The summed E-state index contributed by atoms with van der Waals surface area (Å²) < 4.78 is 5.42. The van der Waals surface area contributed by atoms with Crippen molar-refractivity contribution in [3.63, 3.8) is 0 Å². The number of ether oxygens (including phenoxy) is 1. The van der Waals surface area contributed by atoms with Crippen molar-refractivity contribution in [2.24, 2.45) is 0 Å². The Morgan fingerprint density at radius 3 is 2.85 bits per heavy atom. The van der Waals surface area contributed by atoms with Crippen LogP contribution in [-0.4, -0.2) is 35.3 Å². The maximum atomic E-state index is 12.2. The van der Waals surface area contributed by atoms with Crippen molar-refractivity contribution in [2.75, 3.05) is 6.54 Å². The van der Waals surface area contributed by atoms with E-state index >= 15 is 0 Å². The van der Waals surface area contributed by atoms with E-state index in [9.17, 15) is 9.59 Å². The monoisotopic (exact) mass is 273 g/mol. The maximum Gasteiger partial charge on any atom is 0.323 e. The summed E-state index contributed by atoms with van der Waals surface area (Å²) in [6.07, 6.45) is 2.91. The molecule has 1 aromatic rings. The number of fused-ring (bicyclic) bond motifs is 1. The van der Waals surface area contributed by atoms with Gasteiger partial charge in [-0.2, -0.15) is 0 Å². The number of hydrogen-bond acceptors (Lipinski definition) is 4. The number of carbonyl (C=O) groups is 2. The lowest BCUT2D eigenvalue weighted by Gasteiger charge is -2.32. The first-order chi connectivity index (χ1) is 9.74. The SMILES string of the molecule is O=C1CCN2[C@@H](CC[C@H]2C(=O)OCc2ccccc2)C1. The van der Waals surface area contributed by atoms with Gasteiger partial charge in [-0.05, 0) is 18.4 Å². The highest BCUT2D eigenvalue weighted by Gasteiger charge is 2.41. The molecule has 2 aliphatic heterocycles. The molecule has 2 aliphatic rings. The minimum Gasteiger partial charge on any atom is -0.460 e. The first-order valence-electron chi connectivity index (χ1n) is 7.22. The summed E-state index contributed by atoms with van der Waals surface area (Å²) in [7, 11) is 0. The third-order valence-electron chi connectivity index (χ3n) is 4.25. The largest absolute Gasteiger partial charge is 0.460 e. The zero-order chi connectivity index (χ0) is 13.9. The fourth-order valence-corrected chi connectivity index (χ4v) is 3.19. The molecule has 2 saturated heterocycles. The molecular weight excluding hydrogens is 254 g/mol. The number of Topliss-reactive ketones (excluding diaryl/α,β-unsaturated/α-hetero) is 1. The second-order valence-corrected chi connectivity index (χ2v) is 5.57. The van der Waals surface area contributed by atoms with Gasteiger partial charge in [0, 0.05) is 25.4 Å². The van der Waals surface area contributed by atoms with Gasteiger partial charge in [-0.25, -0.2) is 0 Å². The van der Waals surface area contributed by atoms with E-state index < -0.39 is 0 Å². The number of piperidine rings is 1. The number of esters is 1. The molecule has 0 radical (unpaired) electrons. The number of benzene rings is 1. The molecule has 0 saturated carbocycles. The van der Waals surface area contributed by atoms with Gasteiger partial charge in [0.2, 0.25) is 0 Å². The molecular formula is C16H19NO3. The Labute approximate surface area is 118 Å². The van der Waals surface area contributed by atoms with E-state index in [2.05, 4.69) is 4.90 Å². The first kappa shape index (κ1) is 13.3. The van der Waals surface area contributed by atoms with E-state index in [-0.39, 0.29) is 18.1 Å². The molecule has 4 nitrogen and oxygen atoms in total. The topological polar surface area (TPSA) is 46.6 Å². The smallest absolute Gasteiger partial charge is 0.323 e. The van der Waals surface area contributed by atoms with Gasteiger partial charge in [0.25, 0.3) is 0 Å². The molecule has 0 aromatic heterocycles. The average molecular weight is 273 g/mol. The predicted octanol–water partition coefficient (Wildman–Crippen LogP) is 1.93.